The van der Waals surface area contributed by atoms with Crippen LogP contribution in [0.3, 0.4) is 0 Å². The molecule has 96 valence electrons. The molecule has 0 saturated heterocycles. The van der Waals surface area contributed by atoms with Crippen LogP contribution in [0.25, 0.3) is 21.9 Å². The summed E-state index contributed by atoms with van der Waals surface area (Å²) in [4.78, 5) is 7.83. The molecule has 4 aromatic rings. The Bertz CT molecular complexity index is 878. The van der Waals surface area contributed by atoms with E-state index in [4.69, 9.17) is 0 Å². The molecule has 2 aromatic heterocycles. The van der Waals surface area contributed by atoms with Gasteiger partial charge in [-0.15, -0.1) is 0 Å². The fraction of sp³-hybridized carbons (Fsp3) is 0. The first kappa shape index (κ1) is 11.1. The van der Waals surface area contributed by atoms with Crippen LogP contribution in [-0.4, -0.2) is 9.97 Å². The molecule has 0 aliphatic heterocycles. The van der Waals surface area contributed by atoms with Gasteiger partial charge in [0.05, 0.1) is 11.9 Å². The number of nitrogens with zero attached hydrogens (tertiary/aromatic N) is 1. The Morgan fingerprint density at radius 1 is 0.800 bits per heavy atom. The molecule has 4 rings (SSSR count). The monoisotopic (exact) mass is 259 g/mol. The van der Waals surface area contributed by atoms with Crippen molar-refractivity contribution < 1.29 is 0 Å². The Labute approximate surface area is 116 Å². The van der Waals surface area contributed by atoms with Crippen molar-refractivity contribution in [3.05, 3.63) is 66.9 Å². The summed E-state index contributed by atoms with van der Waals surface area (Å²) in [7, 11) is 0. The van der Waals surface area contributed by atoms with Crippen LogP contribution in [-0.2, 0) is 0 Å². The Balaban J connectivity index is 1.83. The highest BCUT2D eigenvalue weighted by Gasteiger charge is 2.05. The number of H-pyrrole nitrogens is 1. The van der Waals surface area contributed by atoms with Gasteiger partial charge in [-0.2, -0.15) is 0 Å². The number of anilines is 2. The van der Waals surface area contributed by atoms with E-state index in [2.05, 4.69) is 33.5 Å². The van der Waals surface area contributed by atoms with E-state index in [0.29, 0.717) is 0 Å². The summed E-state index contributed by atoms with van der Waals surface area (Å²) in [5.41, 5.74) is 4.10. The summed E-state index contributed by atoms with van der Waals surface area (Å²) >= 11 is 0. The molecule has 0 saturated carbocycles. The van der Waals surface area contributed by atoms with Crippen LogP contribution in [0.2, 0.25) is 0 Å². The van der Waals surface area contributed by atoms with Gasteiger partial charge in [-0.3, -0.25) is 0 Å². The van der Waals surface area contributed by atoms with Gasteiger partial charge in [-0.1, -0.05) is 36.4 Å². The van der Waals surface area contributed by atoms with E-state index in [-0.39, 0.29) is 0 Å². The summed E-state index contributed by atoms with van der Waals surface area (Å²) in [6, 6.07) is 20.5. The molecule has 0 bridgehead atoms. The van der Waals surface area contributed by atoms with Crippen molar-refractivity contribution in [2.75, 3.05) is 5.32 Å². The summed E-state index contributed by atoms with van der Waals surface area (Å²) in [6.07, 6.45) is 1.85. The number of fused-ring (bicyclic) bond motifs is 3. The molecule has 2 N–H and O–H groups in total. The summed E-state index contributed by atoms with van der Waals surface area (Å²) in [6.45, 7) is 0. The van der Waals surface area contributed by atoms with Crippen molar-refractivity contribution in [2.24, 2.45) is 0 Å². The number of benzene rings is 2. The van der Waals surface area contributed by atoms with Gasteiger partial charge in [0, 0.05) is 22.0 Å². The molecule has 0 atom stereocenters. The molecule has 3 nitrogen and oxygen atoms in total. The van der Waals surface area contributed by atoms with Crippen molar-refractivity contribution in [1.29, 1.82) is 0 Å². The average molecular weight is 259 g/mol. The predicted molar refractivity (Wildman–Crippen MR) is 83.3 cm³/mol. The highest BCUT2D eigenvalue weighted by molar-refractivity contribution is 6.06. The lowest BCUT2D eigenvalue weighted by molar-refractivity contribution is 1.34. The second-order valence-electron chi connectivity index (χ2n) is 4.78. The first-order chi connectivity index (χ1) is 9.90. The van der Waals surface area contributed by atoms with Crippen molar-refractivity contribution in [1.82, 2.24) is 9.97 Å². The number of aromatic amines is 1. The maximum absolute atomic E-state index is 4.50. The standard InChI is InChI=1S/C17H13N3/c1-2-6-12(7-3-1)19-13-10-15-14-8-4-5-9-16(14)20-17(15)18-11-13/h1-11,19H,(H,18,20). The minimum absolute atomic E-state index is 0.921. The zero-order valence-corrected chi connectivity index (χ0v) is 10.8. The number of rotatable bonds is 2. The summed E-state index contributed by atoms with van der Waals surface area (Å²) in [5.74, 6) is 0. The number of nitrogens with one attached hydrogen (secondary N) is 2. The van der Waals surface area contributed by atoms with Crippen LogP contribution in [0.5, 0.6) is 0 Å². The van der Waals surface area contributed by atoms with E-state index < -0.39 is 0 Å². The number of hydrogen-bond donors (Lipinski definition) is 2. The third-order valence-corrected chi connectivity index (χ3v) is 3.42. The highest BCUT2D eigenvalue weighted by Crippen LogP contribution is 2.27. The SMILES string of the molecule is c1ccc(Nc2cnc3[nH]c4ccccc4c3c2)cc1. The van der Waals surface area contributed by atoms with Crippen LogP contribution in [0, 0.1) is 0 Å². The van der Waals surface area contributed by atoms with E-state index in [9.17, 15) is 0 Å². The molecule has 3 heteroatoms. The Hall–Kier alpha value is -2.81. The number of para-hydroxylation sites is 2. The van der Waals surface area contributed by atoms with Gasteiger partial charge in [-0.05, 0) is 24.3 Å². The average Bonchev–Trinajstić information content (AvgIpc) is 2.86. The summed E-state index contributed by atoms with van der Waals surface area (Å²) in [5, 5.41) is 5.72. The van der Waals surface area contributed by atoms with Gasteiger partial charge in [0.1, 0.15) is 5.65 Å². The van der Waals surface area contributed by atoms with Crippen LogP contribution in [0.1, 0.15) is 0 Å². The van der Waals surface area contributed by atoms with E-state index >= 15 is 0 Å². The molecule has 0 fully saturated rings. The van der Waals surface area contributed by atoms with Gasteiger partial charge in [0.15, 0.2) is 0 Å². The third kappa shape index (κ3) is 1.80. The first-order valence-corrected chi connectivity index (χ1v) is 6.59. The third-order valence-electron chi connectivity index (χ3n) is 3.42. The first-order valence-electron chi connectivity index (χ1n) is 6.59. The van der Waals surface area contributed by atoms with Gasteiger partial charge in [-0.25, -0.2) is 4.98 Å². The molecule has 20 heavy (non-hydrogen) atoms. The smallest absolute Gasteiger partial charge is 0.138 e. The normalized spacial score (nSPS) is 11.0. The van der Waals surface area contributed by atoms with Gasteiger partial charge in [0.2, 0.25) is 0 Å². The van der Waals surface area contributed by atoms with Crippen molar-refractivity contribution >= 4 is 33.3 Å². The lowest BCUT2D eigenvalue weighted by Gasteiger charge is -2.05. The molecule has 2 heterocycles. The van der Waals surface area contributed by atoms with E-state index in [0.717, 1.165) is 27.9 Å². The fourth-order valence-electron chi connectivity index (χ4n) is 2.48. The topological polar surface area (TPSA) is 40.7 Å². The zero-order valence-electron chi connectivity index (χ0n) is 10.8. The van der Waals surface area contributed by atoms with Crippen molar-refractivity contribution in [2.45, 2.75) is 0 Å². The fourth-order valence-corrected chi connectivity index (χ4v) is 2.48. The van der Waals surface area contributed by atoms with E-state index in [1.165, 1.54) is 5.39 Å². The maximum atomic E-state index is 4.50. The molecular weight excluding hydrogens is 246 g/mol. The Kier molecular flexibility index (Phi) is 2.42. The molecule has 0 amide bonds. The van der Waals surface area contributed by atoms with Crippen molar-refractivity contribution in [3.63, 3.8) is 0 Å². The number of hydrogen-bond acceptors (Lipinski definition) is 2. The van der Waals surface area contributed by atoms with Gasteiger partial charge >= 0.3 is 0 Å². The number of aromatic nitrogens is 2. The van der Waals surface area contributed by atoms with Crippen LogP contribution >= 0.6 is 0 Å². The molecule has 0 unspecified atom stereocenters. The second kappa shape index (κ2) is 4.38. The Morgan fingerprint density at radius 3 is 2.50 bits per heavy atom. The van der Waals surface area contributed by atoms with Crippen molar-refractivity contribution in [3.8, 4) is 0 Å². The minimum Gasteiger partial charge on any atom is -0.354 e. The highest BCUT2D eigenvalue weighted by atomic mass is 14.9. The lowest BCUT2D eigenvalue weighted by Crippen LogP contribution is -1.90. The molecule has 2 aromatic carbocycles. The van der Waals surface area contributed by atoms with Crippen LogP contribution < -0.4 is 5.32 Å². The maximum Gasteiger partial charge on any atom is 0.138 e. The summed E-state index contributed by atoms with van der Waals surface area (Å²) < 4.78 is 0. The molecule has 0 spiro atoms. The lowest BCUT2D eigenvalue weighted by atomic mass is 10.2. The largest absolute Gasteiger partial charge is 0.354 e. The molecular formula is C17H13N3. The predicted octanol–water partition coefficient (Wildman–Crippen LogP) is 4.46. The molecule has 0 aliphatic rings. The number of pyridine rings is 1. The van der Waals surface area contributed by atoms with E-state index in [1.807, 2.05) is 48.7 Å². The van der Waals surface area contributed by atoms with Crippen LogP contribution in [0.4, 0.5) is 11.4 Å². The van der Waals surface area contributed by atoms with Gasteiger partial charge in [0.25, 0.3) is 0 Å². The van der Waals surface area contributed by atoms with E-state index in [1.54, 1.807) is 0 Å². The zero-order chi connectivity index (χ0) is 13.4. The molecule has 0 aliphatic carbocycles. The Morgan fingerprint density at radius 2 is 1.60 bits per heavy atom. The quantitative estimate of drug-likeness (QED) is 0.558. The minimum atomic E-state index is 0.921. The molecule has 0 radical (unpaired) electrons. The second-order valence-corrected chi connectivity index (χ2v) is 4.78. The van der Waals surface area contributed by atoms with Gasteiger partial charge < -0.3 is 10.3 Å². The van der Waals surface area contributed by atoms with Crippen LogP contribution in [0.15, 0.2) is 66.9 Å².